The van der Waals surface area contributed by atoms with Crippen molar-refractivity contribution in [3.63, 3.8) is 0 Å². The van der Waals surface area contributed by atoms with Crippen LogP contribution in [0.2, 0.25) is 0 Å². The van der Waals surface area contributed by atoms with E-state index in [9.17, 15) is 10.1 Å². The van der Waals surface area contributed by atoms with Crippen LogP contribution in [0.1, 0.15) is 11.3 Å². The molecule has 0 radical (unpaired) electrons. The SMILES string of the molecule is CSc1ccccc1Cc1nc(N)nc(N)c1[N+](=O)[O-]. The highest BCUT2D eigenvalue weighted by molar-refractivity contribution is 7.98. The number of nitro groups is 1. The average molecular weight is 291 g/mol. The smallest absolute Gasteiger partial charge is 0.332 e. The summed E-state index contributed by atoms with van der Waals surface area (Å²) in [5, 5.41) is 11.1. The third kappa shape index (κ3) is 2.80. The molecule has 1 aromatic carbocycles. The van der Waals surface area contributed by atoms with Crippen LogP contribution in [-0.2, 0) is 6.42 Å². The number of nitrogens with two attached hydrogens (primary N) is 2. The van der Waals surface area contributed by atoms with Crippen molar-refractivity contribution in [2.75, 3.05) is 17.7 Å². The second kappa shape index (κ2) is 5.74. The van der Waals surface area contributed by atoms with Crippen LogP contribution in [0.25, 0.3) is 0 Å². The summed E-state index contributed by atoms with van der Waals surface area (Å²) in [5.41, 5.74) is 12.0. The van der Waals surface area contributed by atoms with Crippen LogP contribution in [-0.4, -0.2) is 21.1 Å². The van der Waals surface area contributed by atoms with Crippen LogP contribution in [0, 0.1) is 10.1 Å². The molecule has 0 atom stereocenters. The highest BCUT2D eigenvalue weighted by atomic mass is 32.2. The molecule has 0 spiro atoms. The molecule has 0 saturated carbocycles. The van der Waals surface area contributed by atoms with Crippen LogP contribution in [0.5, 0.6) is 0 Å². The molecule has 0 saturated heterocycles. The molecule has 0 fully saturated rings. The van der Waals surface area contributed by atoms with Crippen LogP contribution < -0.4 is 11.5 Å². The van der Waals surface area contributed by atoms with Gasteiger partial charge in [-0.15, -0.1) is 11.8 Å². The Hall–Kier alpha value is -2.35. The summed E-state index contributed by atoms with van der Waals surface area (Å²) in [5.74, 6) is -0.274. The van der Waals surface area contributed by atoms with Gasteiger partial charge in [0.2, 0.25) is 11.8 Å². The van der Waals surface area contributed by atoms with Gasteiger partial charge in [0, 0.05) is 11.3 Å². The molecule has 8 heteroatoms. The van der Waals surface area contributed by atoms with Crippen molar-refractivity contribution >= 4 is 29.2 Å². The van der Waals surface area contributed by atoms with Crippen LogP contribution in [0.3, 0.4) is 0 Å². The van der Waals surface area contributed by atoms with Crippen molar-refractivity contribution in [2.45, 2.75) is 11.3 Å². The van der Waals surface area contributed by atoms with Crippen molar-refractivity contribution in [1.29, 1.82) is 0 Å². The Morgan fingerprint density at radius 1 is 1.30 bits per heavy atom. The first-order valence-electron chi connectivity index (χ1n) is 5.71. The van der Waals surface area contributed by atoms with E-state index < -0.39 is 4.92 Å². The van der Waals surface area contributed by atoms with E-state index in [1.807, 2.05) is 30.5 Å². The summed E-state index contributed by atoms with van der Waals surface area (Å²) in [7, 11) is 0. The van der Waals surface area contributed by atoms with Gasteiger partial charge in [0.1, 0.15) is 5.69 Å². The minimum atomic E-state index is -0.578. The normalized spacial score (nSPS) is 10.4. The van der Waals surface area contributed by atoms with Crippen LogP contribution >= 0.6 is 11.8 Å². The van der Waals surface area contributed by atoms with Gasteiger partial charge in [0.25, 0.3) is 0 Å². The second-order valence-electron chi connectivity index (χ2n) is 4.01. The van der Waals surface area contributed by atoms with Gasteiger partial charge in [-0.05, 0) is 17.9 Å². The standard InChI is InChI=1S/C12H13N5O2S/c1-20-9-5-3-2-4-7(9)6-8-10(17(18)19)11(13)16-12(14)15-8/h2-5H,6H2,1H3,(H4,13,14,15,16). The molecule has 2 rings (SSSR count). The zero-order valence-electron chi connectivity index (χ0n) is 10.7. The highest BCUT2D eigenvalue weighted by Crippen LogP contribution is 2.29. The van der Waals surface area contributed by atoms with E-state index in [1.54, 1.807) is 11.8 Å². The molecule has 1 aromatic heterocycles. The lowest BCUT2D eigenvalue weighted by Gasteiger charge is -2.08. The number of hydrogen-bond donors (Lipinski definition) is 2. The van der Waals surface area contributed by atoms with E-state index in [4.69, 9.17) is 11.5 Å². The minimum Gasteiger partial charge on any atom is -0.378 e. The first-order chi connectivity index (χ1) is 9.52. The van der Waals surface area contributed by atoms with Crippen molar-refractivity contribution in [3.05, 3.63) is 45.6 Å². The fourth-order valence-electron chi connectivity index (χ4n) is 1.89. The van der Waals surface area contributed by atoms with Crippen LogP contribution in [0.4, 0.5) is 17.5 Å². The zero-order valence-corrected chi connectivity index (χ0v) is 11.6. The zero-order chi connectivity index (χ0) is 14.7. The Bertz CT molecular complexity index is 662. The minimum absolute atomic E-state index is 0.0651. The lowest BCUT2D eigenvalue weighted by Crippen LogP contribution is -2.09. The van der Waals surface area contributed by atoms with Gasteiger partial charge in [0.05, 0.1) is 4.92 Å². The van der Waals surface area contributed by atoms with Gasteiger partial charge in [0.15, 0.2) is 0 Å². The Balaban J connectivity index is 2.50. The summed E-state index contributed by atoms with van der Waals surface area (Å²) in [4.78, 5) is 19.1. The van der Waals surface area contributed by atoms with Crippen molar-refractivity contribution in [1.82, 2.24) is 9.97 Å². The maximum Gasteiger partial charge on any atom is 0.332 e. The number of benzene rings is 1. The van der Waals surface area contributed by atoms with Gasteiger partial charge in [-0.3, -0.25) is 10.1 Å². The monoisotopic (exact) mass is 291 g/mol. The van der Waals surface area contributed by atoms with Gasteiger partial charge < -0.3 is 11.5 Å². The molecular formula is C12H13N5O2S. The predicted molar refractivity (Wildman–Crippen MR) is 78.5 cm³/mol. The molecule has 104 valence electrons. The Morgan fingerprint density at radius 3 is 2.65 bits per heavy atom. The topological polar surface area (TPSA) is 121 Å². The van der Waals surface area contributed by atoms with E-state index in [-0.39, 0.29) is 29.6 Å². The number of hydrogen-bond acceptors (Lipinski definition) is 7. The van der Waals surface area contributed by atoms with E-state index in [1.165, 1.54) is 0 Å². The van der Waals surface area contributed by atoms with Crippen molar-refractivity contribution in [2.24, 2.45) is 0 Å². The maximum absolute atomic E-state index is 11.1. The molecule has 0 bridgehead atoms. The Labute approximate surface area is 119 Å². The predicted octanol–water partition coefficient (Wildman–Crippen LogP) is 1.86. The molecule has 0 amide bonds. The molecule has 7 nitrogen and oxygen atoms in total. The number of nitrogen functional groups attached to an aromatic ring is 2. The molecule has 0 aliphatic carbocycles. The van der Waals surface area contributed by atoms with Crippen molar-refractivity contribution < 1.29 is 4.92 Å². The average Bonchev–Trinajstić information content (AvgIpc) is 2.38. The fourth-order valence-corrected chi connectivity index (χ4v) is 2.51. The Morgan fingerprint density at radius 2 is 2.00 bits per heavy atom. The second-order valence-corrected chi connectivity index (χ2v) is 4.86. The lowest BCUT2D eigenvalue weighted by atomic mass is 10.1. The van der Waals surface area contributed by atoms with Gasteiger partial charge in [-0.25, -0.2) is 4.98 Å². The third-order valence-corrected chi connectivity index (χ3v) is 3.57. The number of aromatic nitrogens is 2. The van der Waals surface area contributed by atoms with Gasteiger partial charge in [-0.2, -0.15) is 4.98 Å². The summed E-state index contributed by atoms with van der Waals surface area (Å²) < 4.78 is 0. The number of anilines is 2. The quantitative estimate of drug-likeness (QED) is 0.501. The first kappa shape index (κ1) is 14.1. The van der Waals surface area contributed by atoms with Crippen LogP contribution in [0.15, 0.2) is 29.2 Å². The lowest BCUT2D eigenvalue weighted by molar-refractivity contribution is -0.385. The molecule has 2 aromatic rings. The molecule has 0 unspecified atom stereocenters. The van der Waals surface area contributed by atoms with E-state index in [0.29, 0.717) is 0 Å². The summed E-state index contributed by atoms with van der Waals surface area (Å²) >= 11 is 1.56. The summed E-state index contributed by atoms with van der Waals surface area (Å²) in [6.07, 6.45) is 2.22. The first-order valence-corrected chi connectivity index (χ1v) is 6.93. The molecular weight excluding hydrogens is 278 g/mol. The number of rotatable bonds is 4. The molecule has 0 aliphatic rings. The maximum atomic E-state index is 11.1. The molecule has 20 heavy (non-hydrogen) atoms. The molecule has 4 N–H and O–H groups in total. The van der Waals surface area contributed by atoms with E-state index >= 15 is 0 Å². The van der Waals surface area contributed by atoms with E-state index in [0.717, 1.165) is 10.5 Å². The molecule has 1 heterocycles. The Kier molecular flexibility index (Phi) is 4.04. The number of nitrogens with zero attached hydrogens (tertiary/aromatic N) is 3. The van der Waals surface area contributed by atoms with Gasteiger partial charge in [-0.1, -0.05) is 18.2 Å². The van der Waals surface area contributed by atoms with Crippen molar-refractivity contribution in [3.8, 4) is 0 Å². The summed E-state index contributed by atoms with van der Waals surface area (Å²) in [6, 6.07) is 7.62. The largest absolute Gasteiger partial charge is 0.378 e. The van der Waals surface area contributed by atoms with E-state index in [2.05, 4.69) is 9.97 Å². The fraction of sp³-hybridized carbons (Fsp3) is 0.167. The summed E-state index contributed by atoms with van der Waals surface area (Å²) in [6.45, 7) is 0. The van der Waals surface area contributed by atoms with Gasteiger partial charge >= 0.3 is 5.69 Å². The molecule has 0 aliphatic heterocycles. The third-order valence-electron chi connectivity index (χ3n) is 2.73. The highest BCUT2D eigenvalue weighted by Gasteiger charge is 2.22. The number of thioether (sulfide) groups is 1.